The van der Waals surface area contributed by atoms with Gasteiger partial charge in [0.25, 0.3) is 0 Å². The van der Waals surface area contributed by atoms with Crippen LogP contribution in [0.4, 0.5) is 96.6 Å². The summed E-state index contributed by atoms with van der Waals surface area (Å²) >= 11 is 0. The fraction of sp³-hybridized carbons (Fsp3) is 0.833. The summed E-state index contributed by atoms with van der Waals surface area (Å²) in [4.78, 5) is 0. The predicted molar refractivity (Wildman–Crippen MR) is 59.5 cm³/mol. The molecule has 0 saturated heterocycles. The van der Waals surface area contributed by atoms with E-state index >= 15 is 0 Å². The quantitative estimate of drug-likeness (QED) is 0.228. The van der Waals surface area contributed by atoms with E-state index in [2.05, 4.69) is 0 Å². The van der Waals surface area contributed by atoms with Crippen molar-refractivity contribution >= 4 is 0 Å². The summed E-state index contributed by atoms with van der Waals surface area (Å²) in [5, 5.41) is 0. The molecule has 0 atom stereocenters. The molecule has 0 aliphatic carbocycles. The Kier molecular flexibility index (Phi) is 7.31. The second-order valence-corrected chi connectivity index (χ2v) is 5.84. The molecule has 0 N–H and O–H groups in total. The molecule has 0 amide bonds. The lowest BCUT2D eigenvalue weighted by atomic mass is 9.87. The van der Waals surface area contributed by atoms with Crippen molar-refractivity contribution in [3.63, 3.8) is 0 Å². The molecule has 0 aromatic heterocycles. The maximum Gasteiger partial charge on any atom is 0.460 e. The van der Waals surface area contributed by atoms with Gasteiger partial charge in [0, 0.05) is 5.92 Å². The third-order valence-electron chi connectivity index (χ3n) is 3.48. The first-order chi connectivity index (χ1) is 14.2. The summed E-state index contributed by atoms with van der Waals surface area (Å²) in [5.41, 5.74) is 0. The molecule has 0 fully saturated rings. The lowest BCUT2D eigenvalue weighted by Gasteiger charge is -2.43. The van der Waals surface area contributed by atoms with Gasteiger partial charge in [0.2, 0.25) is 0 Å². The molecule has 0 rings (SSSR count). The highest BCUT2D eigenvalue weighted by atomic mass is 19.4. The van der Waals surface area contributed by atoms with Gasteiger partial charge >= 0.3 is 59.7 Å². The number of alkyl halides is 22. The maximum absolute atomic E-state index is 13.3. The van der Waals surface area contributed by atoms with E-state index in [1.54, 1.807) is 0 Å². The normalized spacial score (nSPS) is 16.3. The Hall–Kier alpha value is -1.98. The van der Waals surface area contributed by atoms with E-state index in [-0.39, 0.29) is 0 Å². The van der Waals surface area contributed by atoms with Crippen molar-refractivity contribution in [3.05, 3.63) is 0 Å². The molecule has 22 heteroatoms. The lowest BCUT2D eigenvalue weighted by Crippen LogP contribution is -2.75. The Bertz CT molecular complexity index is 810. The van der Waals surface area contributed by atoms with Gasteiger partial charge in [0.05, 0.1) is 0 Å². The first-order valence-corrected chi connectivity index (χ1v) is 6.91. The summed E-state index contributed by atoms with van der Waals surface area (Å²) in [5.74, 6) is -71.4. The van der Waals surface area contributed by atoms with E-state index in [1.807, 2.05) is 0 Å². The highest BCUT2D eigenvalue weighted by molar-refractivity contribution is 5.23. The van der Waals surface area contributed by atoms with Crippen molar-refractivity contribution < 1.29 is 96.6 Å². The van der Waals surface area contributed by atoms with Crippen molar-refractivity contribution in [2.45, 2.75) is 59.7 Å². The van der Waals surface area contributed by atoms with Crippen molar-refractivity contribution in [1.29, 1.82) is 0 Å². The van der Waals surface area contributed by atoms with Gasteiger partial charge in [-0.2, -0.15) is 96.6 Å². The molecule has 0 aliphatic heterocycles. The van der Waals surface area contributed by atoms with Crippen LogP contribution in [0.1, 0.15) is 0 Å². The van der Waals surface area contributed by atoms with Crippen LogP contribution in [0, 0.1) is 11.8 Å². The van der Waals surface area contributed by atoms with E-state index in [1.165, 1.54) is 0 Å². The fourth-order valence-electron chi connectivity index (χ4n) is 1.59. The van der Waals surface area contributed by atoms with Crippen LogP contribution < -0.4 is 0 Å². The third kappa shape index (κ3) is 4.26. The number of halogens is 22. The Morgan fingerprint density at radius 2 is 0.500 bits per heavy atom. The average Bonchev–Trinajstić information content (AvgIpc) is 2.57. The van der Waals surface area contributed by atoms with Crippen LogP contribution in [-0.2, 0) is 0 Å². The zero-order valence-corrected chi connectivity index (χ0v) is 14.3. The van der Waals surface area contributed by atoms with Gasteiger partial charge in [0.15, 0.2) is 0 Å². The summed E-state index contributed by atoms with van der Waals surface area (Å²) in [7, 11) is 0. The first kappa shape index (κ1) is 32.0. The minimum absolute atomic E-state index is 0.917. The molecule has 0 radical (unpaired) electrons. The molecule has 0 saturated carbocycles. The summed E-state index contributed by atoms with van der Waals surface area (Å²) in [6.45, 7) is 0. The third-order valence-corrected chi connectivity index (χ3v) is 3.48. The molecule has 202 valence electrons. The lowest BCUT2D eigenvalue weighted by molar-refractivity contribution is -0.466. The molecule has 0 nitrogen and oxygen atoms in total. The van der Waals surface area contributed by atoms with E-state index in [0.29, 0.717) is 0 Å². The van der Waals surface area contributed by atoms with Crippen molar-refractivity contribution in [1.82, 2.24) is 0 Å². The Morgan fingerprint density at radius 3 is 0.735 bits per heavy atom. The summed E-state index contributed by atoms with van der Waals surface area (Å²) < 4.78 is 279. The van der Waals surface area contributed by atoms with Crippen LogP contribution in [0.25, 0.3) is 0 Å². The van der Waals surface area contributed by atoms with Gasteiger partial charge < -0.3 is 0 Å². The molecule has 0 unspecified atom stereocenters. The molecule has 34 heavy (non-hydrogen) atoms. The Labute approximate surface area is 169 Å². The minimum Gasteiger partial charge on any atom is -0.192 e. The van der Waals surface area contributed by atoms with Crippen LogP contribution in [0.2, 0.25) is 0 Å². The first-order valence-electron chi connectivity index (χ1n) is 6.91. The maximum atomic E-state index is 13.3. The molecular formula is C12F22. The van der Waals surface area contributed by atoms with Crippen LogP contribution in [0.15, 0.2) is 0 Å². The van der Waals surface area contributed by atoms with Gasteiger partial charge in [-0.1, -0.05) is 0 Å². The highest BCUT2D eigenvalue weighted by Crippen LogP contribution is 2.65. The zero-order valence-electron chi connectivity index (χ0n) is 14.3. The van der Waals surface area contributed by atoms with Gasteiger partial charge in [-0.15, -0.1) is 0 Å². The fourth-order valence-corrected chi connectivity index (χ4v) is 1.59. The Balaban J connectivity index is 6.97. The molecular weight excluding hydrogens is 562 g/mol. The van der Waals surface area contributed by atoms with Crippen molar-refractivity contribution in [2.75, 3.05) is 0 Å². The van der Waals surface area contributed by atoms with Gasteiger partial charge in [0.1, 0.15) is 0 Å². The monoisotopic (exact) mass is 562 g/mol. The van der Waals surface area contributed by atoms with Gasteiger partial charge in [-0.05, 0) is 5.92 Å². The topological polar surface area (TPSA) is 0 Å². The molecule has 0 aliphatic rings. The Morgan fingerprint density at radius 1 is 0.265 bits per heavy atom. The number of hydrogen-bond acceptors (Lipinski definition) is 0. The van der Waals surface area contributed by atoms with Crippen LogP contribution >= 0.6 is 0 Å². The second kappa shape index (κ2) is 7.76. The van der Waals surface area contributed by atoms with Crippen LogP contribution in [0.5, 0.6) is 0 Å². The molecule has 0 aromatic carbocycles. The number of rotatable bonds is 7. The van der Waals surface area contributed by atoms with Crippen molar-refractivity contribution in [3.8, 4) is 11.8 Å². The molecule has 0 aromatic rings. The molecule has 0 bridgehead atoms. The predicted octanol–water partition coefficient (Wildman–Crippen LogP) is 7.20. The van der Waals surface area contributed by atoms with Gasteiger partial charge in [-0.3, -0.25) is 0 Å². The van der Waals surface area contributed by atoms with E-state index < -0.39 is 71.6 Å². The van der Waals surface area contributed by atoms with Crippen molar-refractivity contribution in [2.24, 2.45) is 0 Å². The van der Waals surface area contributed by atoms with Crippen LogP contribution in [0.3, 0.4) is 0 Å². The largest absolute Gasteiger partial charge is 0.460 e. The summed E-state index contributed by atoms with van der Waals surface area (Å²) in [6.07, 6.45) is -14.3. The summed E-state index contributed by atoms with van der Waals surface area (Å²) in [6, 6.07) is 0. The molecule has 0 heterocycles. The second-order valence-electron chi connectivity index (χ2n) is 5.84. The SMILES string of the molecule is FC(F)(F)C#CC(F)(F)C(F)(F)C(F)(F)C(F)(F)C(F)(F)C(F)(F)C(F)(F)C(F)(F)C(F)(F)F. The van der Waals surface area contributed by atoms with E-state index in [0.717, 1.165) is 0 Å². The smallest absolute Gasteiger partial charge is 0.192 e. The van der Waals surface area contributed by atoms with Crippen LogP contribution in [-0.4, -0.2) is 59.7 Å². The molecule has 0 spiro atoms. The highest BCUT2D eigenvalue weighted by Gasteiger charge is 2.96. The van der Waals surface area contributed by atoms with E-state index in [9.17, 15) is 96.6 Å². The van der Waals surface area contributed by atoms with E-state index in [4.69, 9.17) is 0 Å². The average molecular weight is 562 g/mol. The standard InChI is InChI=1S/C12F22/c13-3(14,1-2-4(15,16)17)5(18,19)6(20,21)7(22,23)8(24,25)9(26,27)10(28,29)11(30,31)12(32,33)34. The van der Waals surface area contributed by atoms with Gasteiger partial charge in [-0.25, -0.2) is 0 Å². The minimum atomic E-state index is -9.14. The number of hydrogen-bond donors (Lipinski definition) is 0. The zero-order chi connectivity index (χ0) is 28.4.